The van der Waals surface area contributed by atoms with Gasteiger partial charge in [-0.3, -0.25) is 4.79 Å². The lowest BCUT2D eigenvalue weighted by Crippen LogP contribution is -2.30. The van der Waals surface area contributed by atoms with Crippen molar-refractivity contribution in [1.29, 1.82) is 0 Å². The molecule has 0 fully saturated rings. The fourth-order valence-corrected chi connectivity index (χ4v) is 2.75. The first kappa shape index (κ1) is 14.7. The number of hydrogen-bond acceptors (Lipinski definition) is 4. The Labute approximate surface area is 121 Å². The molecule has 2 N–H and O–H groups in total. The van der Waals surface area contributed by atoms with Crippen molar-refractivity contribution < 1.29 is 14.3 Å². The zero-order valence-corrected chi connectivity index (χ0v) is 12.1. The minimum absolute atomic E-state index is 0.0219. The normalized spacial score (nSPS) is 13.8. The molecule has 0 bridgehead atoms. The molecule has 3 nitrogen and oxygen atoms in total. The maximum atomic E-state index is 13.7. The van der Waals surface area contributed by atoms with Crippen molar-refractivity contribution in [3.63, 3.8) is 0 Å². The van der Waals surface area contributed by atoms with Crippen molar-refractivity contribution in [2.45, 2.75) is 19.4 Å². The van der Waals surface area contributed by atoms with Crippen molar-refractivity contribution in [2.75, 3.05) is 11.9 Å². The topological polar surface area (TPSA) is 49.3 Å². The van der Waals surface area contributed by atoms with Gasteiger partial charge in [-0.05, 0) is 48.4 Å². The van der Waals surface area contributed by atoms with E-state index in [1.807, 2.05) is 16.8 Å². The molecule has 1 aromatic carbocycles. The fourth-order valence-electron chi connectivity index (χ4n) is 1.97. The molecule has 106 valence electrons. The minimum atomic E-state index is -1.08. The lowest BCUT2D eigenvalue weighted by molar-refractivity contribution is 0.0719. The van der Waals surface area contributed by atoms with Crippen LogP contribution in [0.2, 0.25) is 0 Å². The Balaban J connectivity index is 2.20. The van der Waals surface area contributed by atoms with Gasteiger partial charge in [0.15, 0.2) is 5.78 Å². The third-order valence-electron chi connectivity index (χ3n) is 3.13. The maximum absolute atomic E-state index is 13.7. The third-order valence-corrected chi connectivity index (χ3v) is 3.82. The quantitative estimate of drug-likeness (QED) is 0.831. The number of aliphatic hydroxyl groups is 1. The highest BCUT2D eigenvalue weighted by molar-refractivity contribution is 7.08. The Kier molecular flexibility index (Phi) is 4.20. The summed E-state index contributed by atoms with van der Waals surface area (Å²) in [5, 5.41) is 17.1. The molecule has 0 aliphatic rings. The van der Waals surface area contributed by atoms with E-state index < -0.39 is 11.4 Å². The van der Waals surface area contributed by atoms with Crippen molar-refractivity contribution in [3.05, 3.63) is 52.0 Å². The first-order valence-electron chi connectivity index (χ1n) is 6.20. The molecule has 2 aromatic rings. The molecule has 1 aromatic heterocycles. The van der Waals surface area contributed by atoms with Gasteiger partial charge in [0.2, 0.25) is 0 Å². The van der Waals surface area contributed by atoms with Crippen LogP contribution < -0.4 is 5.32 Å². The number of anilines is 1. The van der Waals surface area contributed by atoms with Gasteiger partial charge in [-0.25, -0.2) is 4.39 Å². The van der Waals surface area contributed by atoms with Gasteiger partial charge >= 0.3 is 0 Å². The maximum Gasteiger partial charge on any atom is 0.164 e. The second kappa shape index (κ2) is 5.73. The molecule has 1 atom stereocenters. The molecule has 20 heavy (non-hydrogen) atoms. The number of thiophene rings is 1. The summed E-state index contributed by atoms with van der Waals surface area (Å²) in [5.41, 5.74) is 0.123. The van der Waals surface area contributed by atoms with E-state index in [-0.39, 0.29) is 17.9 Å². The van der Waals surface area contributed by atoms with Gasteiger partial charge in [-0.15, -0.1) is 0 Å². The van der Waals surface area contributed by atoms with Gasteiger partial charge in [-0.1, -0.05) is 6.07 Å². The number of rotatable bonds is 5. The van der Waals surface area contributed by atoms with Crippen LogP contribution in [0.1, 0.15) is 29.8 Å². The summed E-state index contributed by atoms with van der Waals surface area (Å²) in [5.74, 6) is -0.904. The van der Waals surface area contributed by atoms with Crippen LogP contribution in [0.4, 0.5) is 10.1 Å². The molecule has 0 unspecified atom stereocenters. The number of benzene rings is 1. The van der Waals surface area contributed by atoms with Gasteiger partial charge in [-0.2, -0.15) is 11.3 Å². The number of Topliss-reactive ketones (excluding diaryl/α,β-unsaturated/α-hetero) is 1. The third kappa shape index (κ3) is 3.05. The molecule has 1 heterocycles. The summed E-state index contributed by atoms with van der Waals surface area (Å²) in [6.45, 7) is 3.18. The summed E-state index contributed by atoms with van der Waals surface area (Å²) >= 11 is 1.50. The van der Waals surface area contributed by atoms with Crippen LogP contribution in [0.3, 0.4) is 0 Å². The van der Waals surface area contributed by atoms with Crippen LogP contribution in [-0.4, -0.2) is 17.4 Å². The van der Waals surface area contributed by atoms with Crippen molar-refractivity contribution in [2.24, 2.45) is 0 Å². The number of halogens is 1. The lowest BCUT2D eigenvalue weighted by atomic mass is 9.99. The molecule has 0 spiro atoms. The van der Waals surface area contributed by atoms with Crippen LogP contribution in [-0.2, 0) is 5.60 Å². The van der Waals surface area contributed by atoms with Gasteiger partial charge in [0, 0.05) is 12.2 Å². The van der Waals surface area contributed by atoms with Crippen LogP contribution in [0, 0.1) is 5.82 Å². The van der Waals surface area contributed by atoms with Crippen LogP contribution in [0.25, 0.3) is 0 Å². The van der Waals surface area contributed by atoms with E-state index in [2.05, 4.69) is 5.32 Å². The number of hydrogen-bond donors (Lipinski definition) is 2. The molecular weight excluding hydrogens is 277 g/mol. The van der Waals surface area contributed by atoms with Gasteiger partial charge in [0.25, 0.3) is 0 Å². The predicted molar refractivity (Wildman–Crippen MR) is 78.8 cm³/mol. The zero-order chi connectivity index (χ0) is 14.8. The molecular formula is C15H16FNO2S. The Morgan fingerprint density at radius 3 is 2.80 bits per heavy atom. The largest absolute Gasteiger partial charge is 0.384 e. The smallest absolute Gasteiger partial charge is 0.164 e. The van der Waals surface area contributed by atoms with E-state index in [0.29, 0.717) is 5.69 Å². The van der Waals surface area contributed by atoms with E-state index in [4.69, 9.17) is 0 Å². The average Bonchev–Trinajstić information content (AvgIpc) is 2.90. The highest BCUT2D eigenvalue weighted by Crippen LogP contribution is 2.25. The summed E-state index contributed by atoms with van der Waals surface area (Å²) < 4.78 is 13.7. The highest BCUT2D eigenvalue weighted by Gasteiger charge is 2.24. The van der Waals surface area contributed by atoms with E-state index in [1.54, 1.807) is 13.0 Å². The number of ketones is 1. The summed E-state index contributed by atoms with van der Waals surface area (Å²) in [7, 11) is 0. The average molecular weight is 293 g/mol. The summed E-state index contributed by atoms with van der Waals surface area (Å²) in [6, 6.07) is 6.25. The second-order valence-corrected chi connectivity index (χ2v) is 5.64. The van der Waals surface area contributed by atoms with E-state index >= 15 is 0 Å². The monoisotopic (exact) mass is 293 g/mol. The van der Waals surface area contributed by atoms with E-state index in [1.165, 1.54) is 30.4 Å². The first-order chi connectivity index (χ1) is 9.42. The molecule has 2 rings (SSSR count). The van der Waals surface area contributed by atoms with Crippen molar-refractivity contribution >= 4 is 22.8 Å². The fraction of sp³-hybridized carbons (Fsp3) is 0.267. The number of nitrogens with one attached hydrogen (secondary N) is 1. The highest BCUT2D eigenvalue weighted by atomic mass is 32.1. The molecule has 5 heteroatoms. The summed E-state index contributed by atoms with van der Waals surface area (Å²) in [6.07, 6.45) is 0. The van der Waals surface area contributed by atoms with Gasteiger partial charge in [0.1, 0.15) is 11.4 Å². The minimum Gasteiger partial charge on any atom is -0.384 e. The van der Waals surface area contributed by atoms with E-state index in [9.17, 15) is 14.3 Å². The Hall–Kier alpha value is -1.72. The Morgan fingerprint density at radius 2 is 2.20 bits per heavy atom. The molecule has 0 saturated heterocycles. The van der Waals surface area contributed by atoms with Crippen molar-refractivity contribution in [3.8, 4) is 0 Å². The van der Waals surface area contributed by atoms with Gasteiger partial charge in [0.05, 0.1) is 5.56 Å². The zero-order valence-electron chi connectivity index (χ0n) is 11.3. The second-order valence-electron chi connectivity index (χ2n) is 4.86. The molecule has 0 aliphatic carbocycles. The standard InChI is InChI=1S/C15H16FNO2S/c1-10(18)14-12(16)4-3-5-13(14)17-9-15(2,19)11-6-7-20-8-11/h3-8,17,19H,9H2,1-2H3/t15-/m0/s1. The van der Waals surface area contributed by atoms with Gasteiger partial charge < -0.3 is 10.4 Å². The first-order valence-corrected chi connectivity index (χ1v) is 7.14. The molecule has 0 amide bonds. The van der Waals surface area contributed by atoms with Crippen LogP contribution in [0.15, 0.2) is 35.0 Å². The van der Waals surface area contributed by atoms with E-state index in [0.717, 1.165) is 5.56 Å². The van der Waals surface area contributed by atoms with Crippen LogP contribution >= 0.6 is 11.3 Å². The van der Waals surface area contributed by atoms with Crippen LogP contribution in [0.5, 0.6) is 0 Å². The van der Waals surface area contributed by atoms with Crippen molar-refractivity contribution in [1.82, 2.24) is 0 Å². The number of carbonyl (C=O) groups excluding carboxylic acids is 1. The lowest BCUT2D eigenvalue weighted by Gasteiger charge is -2.24. The molecule has 0 saturated carbocycles. The molecule has 0 aliphatic heterocycles. The Morgan fingerprint density at radius 1 is 1.45 bits per heavy atom. The summed E-state index contributed by atoms with van der Waals surface area (Å²) in [4.78, 5) is 11.5. The number of carbonyl (C=O) groups is 1. The molecule has 0 radical (unpaired) electrons. The SMILES string of the molecule is CC(=O)c1c(F)cccc1NC[C@](C)(O)c1ccsc1. The Bertz CT molecular complexity index is 608. The predicted octanol–water partition coefficient (Wildman–Crippen LogP) is 3.41.